The molecule has 2 N–H and O–H groups in total. The van der Waals surface area contributed by atoms with Gasteiger partial charge in [0.1, 0.15) is 11.5 Å². The highest BCUT2D eigenvalue weighted by Gasteiger charge is 2.15. The van der Waals surface area contributed by atoms with Crippen LogP contribution in [0.4, 0.5) is 5.69 Å². The van der Waals surface area contributed by atoms with Crippen molar-refractivity contribution in [2.45, 2.75) is 25.9 Å². The maximum absolute atomic E-state index is 11.2. The summed E-state index contributed by atoms with van der Waals surface area (Å²) in [5, 5.41) is 23.7. The van der Waals surface area contributed by atoms with E-state index in [0.717, 1.165) is 12.0 Å². The van der Waals surface area contributed by atoms with Crippen LogP contribution in [-0.4, -0.2) is 23.2 Å². The van der Waals surface area contributed by atoms with Gasteiger partial charge < -0.3 is 15.2 Å². The lowest BCUT2D eigenvalue weighted by atomic mass is 10.1. The molecule has 0 aliphatic rings. The van der Waals surface area contributed by atoms with Gasteiger partial charge in [0.2, 0.25) is 0 Å². The van der Waals surface area contributed by atoms with E-state index >= 15 is 0 Å². The van der Waals surface area contributed by atoms with E-state index in [2.05, 4.69) is 5.32 Å². The van der Waals surface area contributed by atoms with Crippen molar-refractivity contribution in [2.24, 2.45) is 0 Å². The minimum absolute atomic E-state index is 0.0497. The first-order valence-electron chi connectivity index (χ1n) is 7.32. The molecule has 2 rings (SSSR count). The first-order valence-corrected chi connectivity index (χ1v) is 7.32. The topological polar surface area (TPSA) is 84.6 Å². The van der Waals surface area contributed by atoms with Crippen molar-refractivity contribution < 1.29 is 14.8 Å². The monoisotopic (exact) mass is 316 g/mol. The Hall–Kier alpha value is -2.60. The molecule has 0 bridgehead atoms. The molecule has 1 unspecified atom stereocenters. The average Bonchev–Trinajstić information content (AvgIpc) is 2.54. The fourth-order valence-electron chi connectivity index (χ4n) is 2.33. The quantitative estimate of drug-likeness (QED) is 0.606. The van der Waals surface area contributed by atoms with Crippen LogP contribution in [-0.2, 0) is 13.0 Å². The molecule has 122 valence electrons. The summed E-state index contributed by atoms with van der Waals surface area (Å²) in [6.07, 6.45) is 0.768. The number of rotatable bonds is 7. The van der Waals surface area contributed by atoms with Crippen molar-refractivity contribution in [3.05, 3.63) is 63.7 Å². The van der Waals surface area contributed by atoms with E-state index in [0.29, 0.717) is 17.9 Å². The Morgan fingerprint density at radius 1 is 1.26 bits per heavy atom. The molecule has 0 fully saturated rings. The highest BCUT2D eigenvalue weighted by atomic mass is 16.6. The highest BCUT2D eigenvalue weighted by molar-refractivity contribution is 5.46. The summed E-state index contributed by atoms with van der Waals surface area (Å²) >= 11 is 0. The van der Waals surface area contributed by atoms with Gasteiger partial charge in [0.25, 0.3) is 5.69 Å². The van der Waals surface area contributed by atoms with Gasteiger partial charge in [-0.25, -0.2) is 0 Å². The summed E-state index contributed by atoms with van der Waals surface area (Å²) in [6.45, 7) is 2.42. The van der Waals surface area contributed by atoms with E-state index in [1.165, 1.54) is 13.2 Å². The number of hydrogen-bond acceptors (Lipinski definition) is 5. The first-order chi connectivity index (χ1) is 11.0. The predicted octanol–water partition coefficient (Wildman–Crippen LogP) is 3.03. The fraction of sp³-hybridized carbons (Fsp3) is 0.294. The van der Waals surface area contributed by atoms with Gasteiger partial charge in [0.05, 0.1) is 18.1 Å². The normalized spacial score (nSPS) is 11.9. The summed E-state index contributed by atoms with van der Waals surface area (Å²) in [5.74, 6) is 0.709. The van der Waals surface area contributed by atoms with Crippen molar-refractivity contribution >= 4 is 5.69 Å². The zero-order valence-electron chi connectivity index (χ0n) is 13.2. The summed E-state index contributed by atoms with van der Waals surface area (Å²) in [5.41, 5.74) is 1.76. The van der Waals surface area contributed by atoms with Crippen LogP contribution in [0.5, 0.6) is 11.5 Å². The third kappa shape index (κ3) is 4.69. The van der Waals surface area contributed by atoms with Crippen molar-refractivity contribution in [3.63, 3.8) is 0 Å². The van der Waals surface area contributed by atoms with Gasteiger partial charge in [0.15, 0.2) is 0 Å². The van der Waals surface area contributed by atoms with Gasteiger partial charge in [-0.2, -0.15) is 0 Å². The van der Waals surface area contributed by atoms with Crippen molar-refractivity contribution in [1.82, 2.24) is 5.32 Å². The molecule has 0 saturated carbocycles. The number of methoxy groups -OCH3 is 1. The SMILES string of the molecule is COc1ccc(CNC(C)Cc2ccc(O)cc2)c([N+](=O)[O-])c1. The molecular formula is C17H20N2O4. The molecule has 0 spiro atoms. The molecule has 1 atom stereocenters. The van der Waals surface area contributed by atoms with Crippen LogP contribution in [0.2, 0.25) is 0 Å². The lowest BCUT2D eigenvalue weighted by Gasteiger charge is -2.14. The van der Waals surface area contributed by atoms with E-state index in [4.69, 9.17) is 4.74 Å². The van der Waals surface area contributed by atoms with Crippen LogP contribution >= 0.6 is 0 Å². The van der Waals surface area contributed by atoms with Crippen molar-refractivity contribution in [3.8, 4) is 11.5 Å². The molecule has 0 aliphatic carbocycles. The zero-order chi connectivity index (χ0) is 16.8. The van der Waals surface area contributed by atoms with Crippen molar-refractivity contribution in [1.29, 1.82) is 0 Å². The van der Waals surface area contributed by atoms with Gasteiger partial charge in [0, 0.05) is 18.2 Å². The number of nitro groups is 1. The largest absolute Gasteiger partial charge is 0.508 e. The number of nitrogens with one attached hydrogen (secondary N) is 1. The van der Waals surface area contributed by atoms with E-state index in [-0.39, 0.29) is 17.5 Å². The lowest BCUT2D eigenvalue weighted by molar-refractivity contribution is -0.385. The summed E-state index contributed by atoms with van der Waals surface area (Å²) < 4.78 is 5.03. The molecule has 0 aliphatic heterocycles. The van der Waals surface area contributed by atoms with Crippen LogP contribution in [0.15, 0.2) is 42.5 Å². The second kappa shape index (κ2) is 7.60. The van der Waals surface area contributed by atoms with E-state index in [1.807, 2.05) is 19.1 Å². The Kier molecular flexibility index (Phi) is 5.54. The van der Waals surface area contributed by atoms with Gasteiger partial charge in [-0.05, 0) is 43.2 Å². The minimum atomic E-state index is -0.399. The summed E-state index contributed by atoms with van der Waals surface area (Å²) in [6, 6.07) is 12.0. The third-order valence-electron chi connectivity index (χ3n) is 3.61. The number of benzene rings is 2. The van der Waals surface area contributed by atoms with Gasteiger partial charge in [-0.15, -0.1) is 0 Å². The van der Waals surface area contributed by atoms with Crippen LogP contribution in [0.3, 0.4) is 0 Å². The number of phenols is 1. The Bertz CT molecular complexity index is 671. The van der Waals surface area contributed by atoms with Gasteiger partial charge >= 0.3 is 0 Å². The van der Waals surface area contributed by atoms with Crippen LogP contribution in [0.1, 0.15) is 18.1 Å². The van der Waals surface area contributed by atoms with Crippen molar-refractivity contribution in [2.75, 3.05) is 7.11 Å². The second-order valence-corrected chi connectivity index (χ2v) is 5.40. The summed E-state index contributed by atoms with van der Waals surface area (Å²) in [7, 11) is 1.48. The number of nitrogens with zero attached hydrogens (tertiary/aromatic N) is 1. The zero-order valence-corrected chi connectivity index (χ0v) is 13.2. The maximum atomic E-state index is 11.2. The minimum Gasteiger partial charge on any atom is -0.508 e. The number of phenolic OH excluding ortho intramolecular Hbond substituents is 1. The van der Waals surface area contributed by atoms with Crippen LogP contribution in [0.25, 0.3) is 0 Å². The molecule has 0 radical (unpaired) electrons. The Morgan fingerprint density at radius 3 is 2.57 bits per heavy atom. The fourth-order valence-corrected chi connectivity index (χ4v) is 2.33. The second-order valence-electron chi connectivity index (χ2n) is 5.40. The van der Waals surface area contributed by atoms with Gasteiger partial charge in [-0.3, -0.25) is 10.1 Å². The summed E-state index contributed by atoms with van der Waals surface area (Å²) in [4.78, 5) is 10.8. The average molecular weight is 316 g/mol. The molecule has 2 aromatic carbocycles. The number of hydrogen-bond donors (Lipinski definition) is 2. The third-order valence-corrected chi connectivity index (χ3v) is 3.61. The molecule has 2 aromatic rings. The standard InChI is InChI=1S/C17H20N2O4/c1-12(9-13-3-6-15(20)7-4-13)18-11-14-5-8-16(23-2)10-17(14)19(21)22/h3-8,10,12,18,20H,9,11H2,1-2H3. The molecule has 0 saturated heterocycles. The molecule has 0 heterocycles. The lowest BCUT2D eigenvalue weighted by Crippen LogP contribution is -2.27. The molecule has 0 aromatic heterocycles. The maximum Gasteiger partial charge on any atom is 0.277 e. The molecule has 6 nitrogen and oxygen atoms in total. The number of ether oxygens (including phenoxy) is 1. The van der Waals surface area contributed by atoms with E-state index in [9.17, 15) is 15.2 Å². The molecular weight excluding hydrogens is 296 g/mol. The predicted molar refractivity (Wildman–Crippen MR) is 87.8 cm³/mol. The van der Waals surface area contributed by atoms with E-state index < -0.39 is 4.92 Å². The molecule has 6 heteroatoms. The van der Waals surface area contributed by atoms with Gasteiger partial charge in [-0.1, -0.05) is 12.1 Å². The number of nitro benzene ring substituents is 1. The Morgan fingerprint density at radius 2 is 1.96 bits per heavy atom. The van der Waals surface area contributed by atoms with Crippen LogP contribution in [0, 0.1) is 10.1 Å². The number of aromatic hydroxyl groups is 1. The highest BCUT2D eigenvalue weighted by Crippen LogP contribution is 2.24. The smallest absolute Gasteiger partial charge is 0.277 e. The Labute approximate surface area is 134 Å². The first kappa shape index (κ1) is 16.8. The molecule has 23 heavy (non-hydrogen) atoms. The molecule has 0 amide bonds. The van der Waals surface area contributed by atoms with Crippen LogP contribution < -0.4 is 10.1 Å². The van der Waals surface area contributed by atoms with E-state index in [1.54, 1.807) is 24.3 Å². The Balaban J connectivity index is 1.99.